The van der Waals surface area contributed by atoms with Crippen LogP contribution in [0.4, 0.5) is 17.3 Å². The van der Waals surface area contributed by atoms with Gasteiger partial charge < -0.3 is 9.47 Å². The largest absolute Gasteiger partial charge is 0.457 e. The molecule has 5 heterocycles. The highest BCUT2D eigenvalue weighted by Crippen LogP contribution is 2.44. The molecule has 3 aliphatic rings. The van der Waals surface area contributed by atoms with Crippen LogP contribution in [0.25, 0.3) is 22.8 Å². The van der Waals surface area contributed by atoms with E-state index in [0.29, 0.717) is 17.6 Å². The molecule has 0 fully saturated rings. The van der Waals surface area contributed by atoms with Crippen molar-refractivity contribution in [2.24, 2.45) is 0 Å². The van der Waals surface area contributed by atoms with E-state index >= 15 is 0 Å². The van der Waals surface area contributed by atoms with Crippen LogP contribution < -0.4 is 30.8 Å². The Kier molecular flexibility index (Phi) is 4.29. The molecule has 9 rings (SSSR count). The quantitative estimate of drug-likeness (QED) is 0.303. The SMILES string of the molecule is c1ccc(-c2nc(-c3ccccc3)nc(N3c4cccc5c4B4c6c(cncc6Oc6cccc3c64)O5)n2)cc1. The fourth-order valence-electron chi connectivity index (χ4n) is 6.01. The van der Waals surface area contributed by atoms with Gasteiger partial charge >= 0.3 is 0 Å². The van der Waals surface area contributed by atoms with E-state index in [2.05, 4.69) is 22.0 Å². The third-order valence-corrected chi connectivity index (χ3v) is 7.68. The van der Waals surface area contributed by atoms with E-state index in [1.54, 1.807) is 12.4 Å². The highest BCUT2D eigenvalue weighted by atomic mass is 16.5. The van der Waals surface area contributed by atoms with E-state index in [1.165, 1.54) is 0 Å². The number of anilines is 3. The normalized spacial score (nSPS) is 13.3. The standard InChI is InChI=1S/C32H18BN5O2/c1-3-9-19(10-4-1)30-35-31(20-11-5-2-6-12-20)37-32(36-30)38-21-13-7-15-23-27(21)33-28-22(38)14-8-16-24(28)40-26-18-34-17-25(39-23)29(26)33/h1-18H. The summed E-state index contributed by atoms with van der Waals surface area (Å²) < 4.78 is 12.8. The molecule has 0 atom stereocenters. The highest BCUT2D eigenvalue weighted by molar-refractivity contribution is 7.00. The first-order chi connectivity index (χ1) is 19.8. The van der Waals surface area contributed by atoms with Gasteiger partial charge in [0.15, 0.2) is 11.6 Å². The Morgan fingerprint density at radius 2 is 1.02 bits per heavy atom. The molecule has 0 spiro atoms. The maximum atomic E-state index is 6.40. The summed E-state index contributed by atoms with van der Waals surface area (Å²) in [5, 5.41) is 0. The number of pyridine rings is 1. The summed E-state index contributed by atoms with van der Waals surface area (Å²) in [6, 6.07) is 32.3. The second-order valence-electron chi connectivity index (χ2n) is 9.91. The first-order valence-electron chi connectivity index (χ1n) is 13.1. The summed E-state index contributed by atoms with van der Waals surface area (Å²) in [5.74, 6) is 4.76. The van der Waals surface area contributed by atoms with Crippen LogP contribution in [0.15, 0.2) is 109 Å². The molecule has 0 N–H and O–H groups in total. The van der Waals surface area contributed by atoms with Crippen LogP contribution in [0.5, 0.6) is 23.0 Å². The van der Waals surface area contributed by atoms with E-state index in [1.807, 2.05) is 84.9 Å². The van der Waals surface area contributed by atoms with Crippen LogP contribution in [-0.2, 0) is 0 Å². The molecule has 186 valence electrons. The number of hydrogen-bond donors (Lipinski definition) is 0. The summed E-state index contributed by atoms with van der Waals surface area (Å²) in [6.45, 7) is -0.0480. The lowest BCUT2D eigenvalue weighted by Crippen LogP contribution is -2.61. The summed E-state index contributed by atoms with van der Waals surface area (Å²) in [6.07, 6.45) is 3.53. The highest BCUT2D eigenvalue weighted by Gasteiger charge is 2.47. The van der Waals surface area contributed by atoms with Gasteiger partial charge in [0.1, 0.15) is 23.0 Å². The van der Waals surface area contributed by atoms with Crippen LogP contribution in [0, 0.1) is 0 Å². The molecule has 0 aliphatic carbocycles. The molecule has 6 aromatic rings. The second kappa shape index (κ2) is 8.00. The van der Waals surface area contributed by atoms with Crippen molar-refractivity contribution in [1.82, 2.24) is 19.9 Å². The van der Waals surface area contributed by atoms with Gasteiger partial charge in [0.05, 0.1) is 12.4 Å². The van der Waals surface area contributed by atoms with Crippen molar-refractivity contribution in [3.05, 3.63) is 109 Å². The van der Waals surface area contributed by atoms with Gasteiger partial charge in [0, 0.05) is 28.0 Å². The molecular formula is C32H18BN5O2. The minimum atomic E-state index is -0.0480. The molecule has 0 saturated carbocycles. The zero-order chi connectivity index (χ0) is 26.2. The van der Waals surface area contributed by atoms with Crippen molar-refractivity contribution >= 4 is 40.4 Å². The van der Waals surface area contributed by atoms with E-state index < -0.39 is 0 Å². The van der Waals surface area contributed by atoms with E-state index in [4.69, 9.17) is 24.4 Å². The molecule has 40 heavy (non-hydrogen) atoms. The first kappa shape index (κ1) is 21.4. The lowest BCUT2D eigenvalue weighted by atomic mass is 9.33. The fraction of sp³-hybridized carbons (Fsp3) is 0. The van der Waals surface area contributed by atoms with Crippen molar-refractivity contribution in [1.29, 1.82) is 0 Å². The van der Waals surface area contributed by atoms with Crippen molar-refractivity contribution in [2.45, 2.75) is 0 Å². The minimum absolute atomic E-state index is 0.0480. The molecule has 3 aliphatic heterocycles. The Morgan fingerprint density at radius 1 is 0.500 bits per heavy atom. The lowest BCUT2D eigenvalue weighted by Gasteiger charge is -2.41. The Balaban J connectivity index is 1.34. The Morgan fingerprint density at radius 3 is 1.55 bits per heavy atom. The topological polar surface area (TPSA) is 73.3 Å². The van der Waals surface area contributed by atoms with E-state index in [-0.39, 0.29) is 6.71 Å². The zero-order valence-electron chi connectivity index (χ0n) is 21.0. The number of rotatable bonds is 3. The minimum Gasteiger partial charge on any atom is -0.457 e. The average Bonchev–Trinajstić information content (AvgIpc) is 3.02. The van der Waals surface area contributed by atoms with Crippen LogP contribution in [0.2, 0.25) is 0 Å². The van der Waals surface area contributed by atoms with Gasteiger partial charge in [-0.3, -0.25) is 9.88 Å². The van der Waals surface area contributed by atoms with Crippen molar-refractivity contribution in [3.8, 4) is 45.8 Å². The van der Waals surface area contributed by atoms with E-state index in [0.717, 1.165) is 61.9 Å². The molecule has 2 aromatic heterocycles. The molecule has 0 bridgehead atoms. The Labute approximate surface area is 229 Å². The third kappa shape index (κ3) is 2.95. The predicted octanol–water partition coefficient (Wildman–Crippen LogP) is 5.11. The molecular weight excluding hydrogens is 497 g/mol. The molecule has 0 radical (unpaired) electrons. The molecule has 7 nitrogen and oxygen atoms in total. The molecule has 8 heteroatoms. The van der Waals surface area contributed by atoms with E-state index in [9.17, 15) is 0 Å². The number of hydrogen-bond acceptors (Lipinski definition) is 7. The van der Waals surface area contributed by atoms with Gasteiger partial charge in [-0.25, -0.2) is 4.98 Å². The summed E-state index contributed by atoms with van der Waals surface area (Å²) in [4.78, 5) is 21.5. The number of aromatic nitrogens is 4. The third-order valence-electron chi connectivity index (χ3n) is 7.68. The Hall–Kier alpha value is -5.50. The number of benzene rings is 4. The lowest BCUT2D eigenvalue weighted by molar-refractivity contribution is 0.460. The average molecular weight is 515 g/mol. The van der Waals surface area contributed by atoms with Gasteiger partial charge in [-0.1, -0.05) is 72.8 Å². The van der Waals surface area contributed by atoms with Crippen LogP contribution >= 0.6 is 0 Å². The van der Waals surface area contributed by atoms with Crippen LogP contribution in [0.1, 0.15) is 0 Å². The fourth-order valence-corrected chi connectivity index (χ4v) is 6.01. The van der Waals surface area contributed by atoms with Gasteiger partial charge in [-0.2, -0.15) is 9.97 Å². The summed E-state index contributed by atoms with van der Waals surface area (Å²) in [5.41, 5.74) is 6.89. The molecule has 0 saturated heterocycles. The maximum absolute atomic E-state index is 6.40. The predicted molar refractivity (Wildman–Crippen MR) is 154 cm³/mol. The molecule has 0 amide bonds. The van der Waals surface area contributed by atoms with Crippen molar-refractivity contribution in [2.75, 3.05) is 4.90 Å². The number of nitrogens with zero attached hydrogens (tertiary/aromatic N) is 5. The molecule has 4 aromatic carbocycles. The van der Waals surface area contributed by atoms with Crippen LogP contribution in [-0.4, -0.2) is 26.6 Å². The Bertz CT molecular complexity index is 1850. The summed E-state index contributed by atoms with van der Waals surface area (Å²) >= 11 is 0. The van der Waals surface area contributed by atoms with Gasteiger partial charge in [-0.15, -0.1) is 0 Å². The van der Waals surface area contributed by atoms with Gasteiger partial charge in [0.2, 0.25) is 5.95 Å². The summed E-state index contributed by atoms with van der Waals surface area (Å²) in [7, 11) is 0. The zero-order valence-corrected chi connectivity index (χ0v) is 21.0. The van der Waals surface area contributed by atoms with Crippen molar-refractivity contribution in [3.63, 3.8) is 0 Å². The first-order valence-corrected chi connectivity index (χ1v) is 13.1. The second-order valence-corrected chi connectivity index (χ2v) is 9.91. The molecule has 0 unspecified atom stereocenters. The smallest absolute Gasteiger partial charge is 0.266 e. The number of ether oxygens (including phenoxy) is 2. The van der Waals surface area contributed by atoms with Gasteiger partial charge in [-0.05, 0) is 35.2 Å². The van der Waals surface area contributed by atoms with Crippen molar-refractivity contribution < 1.29 is 9.47 Å². The van der Waals surface area contributed by atoms with Gasteiger partial charge in [0.25, 0.3) is 6.71 Å². The monoisotopic (exact) mass is 515 g/mol. The van der Waals surface area contributed by atoms with Crippen LogP contribution in [0.3, 0.4) is 0 Å². The maximum Gasteiger partial charge on any atom is 0.266 e.